The zero-order chi connectivity index (χ0) is 17.5. The van der Waals surface area contributed by atoms with Crippen LogP contribution in [0.15, 0.2) is 42.5 Å². The molecule has 24 heavy (non-hydrogen) atoms. The third-order valence-electron chi connectivity index (χ3n) is 3.07. The highest BCUT2D eigenvalue weighted by Crippen LogP contribution is 2.28. The lowest BCUT2D eigenvalue weighted by Crippen LogP contribution is -2.20. The van der Waals surface area contributed by atoms with Gasteiger partial charge in [-0.3, -0.25) is 4.79 Å². The van der Waals surface area contributed by atoms with Crippen LogP contribution < -0.4 is 14.8 Å². The van der Waals surface area contributed by atoms with Crippen LogP contribution in [0.3, 0.4) is 0 Å². The van der Waals surface area contributed by atoms with Crippen LogP contribution in [0.2, 0.25) is 5.02 Å². The monoisotopic (exact) mass is 349 g/mol. The number of anilines is 1. The summed E-state index contributed by atoms with van der Waals surface area (Å²) >= 11 is 5.78. The molecule has 0 atom stereocenters. The van der Waals surface area contributed by atoms with Crippen molar-refractivity contribution in [2.45, 2.75) is 0 Å². The van der Waals surface area contributed by atoms with E-state index < -0.39 is 5.97 Å². The molecule has 0 radical (unpaired) electrons. The zero-order valence-corrected chi connectivity index (χ0v) is 13.9. The number of carbonyl (C=O) groups excluding carboxylic acids is 2. The van der Waals surface area contributed by atoms with Crippen LogP contribution in [0, 0.1) is 0 Å². The van der Waals surface area contributed by atoms with Crippen LogP contribution in [-0.4, -0.2) is 32.7 Å². The number of amides is 1. The Hall–Kier alpha value is -2.73. The van der Waals surface area contributed by atoms with Gasteiger partial charge in [0.1, 0.15) is 0 Å². The summed E-state index contributed by atoms with van der Waals surface area (Å²) in [4.78, 5) is 23.4. The first-order valence-corrected chi connectivity index (χ1v) is 7.36. The summed E-state index contributed by atoms with van der Waals surface area (Å²) < 4.78 is 15.2. The van der Waals surface area contributed by atoms with Gasteiger partial charge in [0.15, 0.2) is 18.1 Å². The average Bonchev–Trinajstić information content (AvgIpc) is 2.61. The van der Waals surface area contributed by atoms with E-state index in [-0.39, 0.29) is 12.5 Å². The molecule has 0 bridgehead atoms. The molecule has 0 heterocycles. The Morgan fingerprint density at radius 1 is 1.04 bits per heavy atom. The van der Waals surface area contributed by atoms with Crippen LogP contribution in [0.25, 0.3) is 0 Å². The minimum atomic E-state index is -0.486. The molecule has 1 amide bonds. The maximum Gasteiger partial charge on any atom is 0.337 e. The van der Waals surface area contributed by atoms with Crippen LogP contribution in [0.1, 0.15) is 10.4 Å². The van der Waals surface area contributed by atoms with Crippen molar-refractivity contribution in [3.8, 4) is 11.5 Å². The summed E-state index contributed by atoms with van der Waals surface area (Å²) in [6.07, 6.45) is 0. The van der Waals surface area contributed by atoms with E-state index >= 15 is 0 Å². The average molecular weight is 350 g/mol. The van der Waals surface area contributed by atoms with E-state index in [1.807, 2.05) is 0 Å². The lowest BCUT2D eigenvalue weighted by Gasteiger charge is -2.12. The molecule has 0 aliphatic heterocycles. The summed E-state index contributed by atoms with van der Waals surface area (Å²) in [5.74, 6) is -0.148. The summed E-state index contributed by atoms with van der Waals surface area (Å²) in [6, 6.07) is 11.3. The van der Waals surface area contributed by atoms with Gasteiger partial charge in [-0.05, 0) is 42.5 Å². The standard InChI is InChI=1S/C17H16ClNO5/c1-22-15-9-11(17(21)23-2)3-8-14(15)24-10-16(20)19-13-6-4-12(18)5-7-13/h3-9H,10H2,1-2H3,(H,19,20). The second-order valence-corrected chi connectivity index (χ2v) is 5.14. The minimum absolute atomic E-state index is 0.212. The van der Waals surface area contributed by atoms with Crippen molar-refractivity contribution in [2.75, 3.05) is 26.1 Å². The van der Waals surface area contributed by atoms with Gasteiger partial charge in [0.25, 0.3) is 5.91 Å². The topological polar surface area (TPSA) is 73.9 Å². The van der Waals surface area contributed by atoms with E-state index in [1.54, 1.807) is 30.3 Å². The molecule has 6 nitrogen and oxygen atoms in total. The minimum Gasteiger partial charge on any atom is -0.493 e. The predicted octanol–water partition coefficient (Wildman–Crippen LogP) is 3.15. The quantitative estimate of drug-likeness (QED) is 0.811. The number of hydrogen-bond donors (Lipinski definition) is 1. The normalized spacial score (nSPS) is 9.96. The second kappa shape index (κ2) is 8.21. The highest BCUT2D eigenvalue weighted by molar-refractivity contribution is 6.30. The van der Waals surface area contributed by atoms with Crippen molar-refractivity contribution in [3.05, 3.63) is 53.1 Å². The summed E-state index contributed by atoms with van der Waals surface area (Å²) in [6.45, 7) is -0.212. The van der Waals surface area contributed by atoms with E-state index in [9.17, 15) is 9.59 Å². The summed E-state index contributed by atoms with van der Waals surface area (Å²) in [7, 11) is 2.73. The van der Waals surface area contributed by atoms with Crippen LogP contribution >= 0.6 is 11.6 Å². The molecule has 2 rings (SSSR count). The number of rotatable bonds is 6. The van der Waals surface area contributed by atoms with Crippen molar-refractivity contribution in [1.82, 2.24) is 0 Å². The molecule has 1 N–H and O–H groups in total. The van der Waals surface area contributed by atoms with Gasteiger partial charge in [-0.1, -0.05) is 11.6 Å². The highest BCUT2D eigenvalue weighted by Gasteiger charge is 2.12. The summed E-state index contributed by atoms with van der Waals surface area (Å²) in [5, 5.41) is 3.26. The number of ether oxygens (including phenoxy) is 3. The molecule has 0 aliphatic carbocycles. The number of benzene rings is 2. The van der Waals surface area contributed by atoms with Crippen molar-refractivity contribution in [3.63, 3.8) is 0 Å². The molecule has 0 spiro atoms. The number of methoxy groups -OCH3 is 2. The van der Waals surface area contributed by atoms with Crippen LogP contribution in [0.4, 0.5) is 5.69 Å². The Morgan fingerprint density at radius 3 is 2.38 bits per heavy atom. The lowest BCUT2D eigenvalue weighted by molar-refractivity contribution is -0.118. The van der Waals surface area contributed by atoms with Gasteiger partial charge in [-0.15, -0.1) is 0 Å². The molecule has 2 aromatic carbocycles. The Labute approximate surface area is 144 Å². The Balaban J connectivity index is 1.99. The van der Waals surface area contributed by atoms with Crippen molar-refractivity contribution >= 4 is 29.2 Å². The molecule has 2 aromatic rings. The largest absolute Gasteiger partial charge is 0.493 e. The maximum absolute atomic E-state index is 11.9. The summed E-state index contributed by atoms with van der Waals surface area (Å²) in [5.41, 5.74) is 0.938. The lowest BCUT2D eigenvalue weighted by atomic mass is 10.2. The molecule has 0 saturated heterocycles. The van der Waals surface area contributed by atoms with E-state index in [0.717, 1.165) is 0 Å². The van der Waals surface area contributed by atoms with Gasteiger partial charge < -0.3 is 19.5 Å². The molecular formula is C17H16ClNO5. The van der Waals surface area contributed by atoms with Crippen LogP contribution in [0.5, 0.6) is 11.5 Å². The number of carbonyl (C=O) groups is 2. The molecule has 0 aliphatic rings. The fraction of sp³-hybridized carbons (Fsp3) is 0.176. The first-order chi connectivity index (χ1) is 11.5. The Bertz CT molecular complexity index is 730. The number of hydrogen-bond acceptors (Lipinski definition) is 5. The predicted molar refractivity (Wildman–Crippen MR) is 89.9 cm³/mol. The van der Waals surface area contributed by atoms with Gasteiger partial charge >= 0.3 is 5.97 Å². The second-order valence-electron chi connectivity index (χ2n) is 4.70. The number of esters is 1. The molecule has 0 unspecified atom stereocenters. The SMILES string of the molecule is COC(=O)c1ccc(OCC(=O)Nc2ccc(Cl)cc2)c(OC)c1. The van der Waals surface area contributed by atoms with Crippen molar-refractivity contribution in [1.29, 1.82) is 0 Å². The Kier molecular flexibility index (Phi) is 6.03. The third kappa shape index (κ3) is 4.63. The van der Waals surface area contributed by atoms with Gasteiger partial charge in [0.2, 0.25) is 0 Å². The molecule has 0 saturated carbocycles. The Morgan fingerprint density at radius 2 is 1.75 bits per heavy atom. The van der Waals surface area contributed by atoms with Crippen molar-refractivity contribution in [2.24, 2.45) is 0 Å². The number of halogens is 1. The highest BCUT2D eigenvalue weighted by atomic mass is 35.5. The van der Waals surface area contributed by atoms with Gasteiger partial charge in [0.05, 0.1) is 19.8 Å². The molecule has 0 fully saturated rings. The van der Waals surface area contributed by atoms with E-state index in [4.69, 9.17) is 21.1 Å². The van der Waals surface area contributed by atoms with E-state index in [0.29, 0.717) is 27.8 Å². The molecule has 7 heteroatoms. The maximum atomic E-state index is 11.9. The first kappa shape index (κ1) is 17.6. The van der Waals surface area contributed by atoms with Gasteiger partial charge in [-0.25, -0.2) is 4.79 Å². The van der Waals surface area contributed by atoms with Crippen molar-refractivity contribution < 1.29 is 23.8 Å². The zero-order valence-electron chi connectivity index (χ0n) is 13.2. The smallest absolute Gasteiger partial charge is 0.337 e. The van der Waals surface area contributed by atoms with E-state index in [1.165, 1.54) is 26.4 Å². The van der Waals surface area contributed by atoms with Gasteiger partial charge in [-0.2, -0.15) is 0 Å². The molecule has 0 aromatic heterocycles. The first-order valence-electron chi connectivity index (χ1n) is 6.98. The van der Waals surface area contributed by atoms with E-state index in [2.05, 4.69) is 10.1 Å². The van der Waals surface area contributed by atoms with Crippen LogP contribution in [-0.2, 0) is 9.53 Å². The molecular weight excluding hydrogens is 334 g/mol. The third-order valence-corrected chi connectivity index (χ3v) is 3.32. The number of nitrogens with one attached hydrogen (secondary N) is 1. The molecule has 126 valence electrons. The fourth-order valence-corrected chi connectivity index (χ4v) is 2.03. The fourth-order valence-electron chi connectivity index (χ4n) is 1.91. The van der Waals surface area contributed by atoms with Gasteiger partial charge in [0, 0.05) is 10.7 Å².